The zero-order valence-corrected chi connectivity index (χ0v) is 17.8. The molecule has 2 heterocycles. The van der Waals surface area contributed by atoms with Gasteiger partial charge >= 0.3 is 0 Å². The van der Waals surface area contributed by atoms with Gasteiger partial charge < -0.3 is 10.1 Å². The van der Waals surface area contributed by atoms with Gasteiger partial charge in [-0.15, -0.1) is 0 Å². The number of ether oxygens (including phenoxy) is 1. The minimum atomic E-state index is -0.461. The van der Waals surface area contributed by atoms with Crippen LogP contribution in [-0.2, 0) is 6.54 Å². The number of nitrogens with one attached hydrogen (secondary N) is 1. The number of carbonyl (C=O) groups is 1. The quantitative estimate of drug-likeness (QED) is 0.468. The molecule has 31 heavy (non-hydrogen) atoms. The van der Waals surface area contributed by atoms with E-state index < -0.39 is 5.82 Å². The van der Waals surface area contributed by atoms with Gasteiger partial charge in [-0.25, -0.2) is 13.9 Å². The lowest BCUT2D eigenvalue weighted by Gasteiger charge is -2.12. The molecule has 0 unspecified atom stereocenters. The van der Waals surface area contributed by atoms with Gasteiger partial charge in [-0.3, -0.25) is 4.79 Å². The van der Waals surface area contributed by atoms with Gasteiger partial charge in [0, 0.05) is 23.9 Å². The first-order valence-electron chi connectivity index (χ1n) is 9.78. The fourth-order valence-corrected chi connectivity index (χ4v) is 3.68. The van der Waals surface area contributed by atoms with Gasteiger partial charge in [0.1, 0.15) is 11.6 Å². The minimum absolute atomic E-state index is 0.232. The van der Waals surface area contributed by atoms with Crippen LogP contribution in [0.2, 0.25) is 5.02 Å². The van der Waals surface area contributed by atoms with E-state index in [0.717, 1.165) is 11.3 Å². The summed E-state index contributed by atoms with van der Waals surface area (Å²) >= 11 is 6.20. The maximum Gasteiger partial charge on any atom is 0.254 e. The standard InChI is InChI=1S/C23H20ClFN4O2/c1-3-31-20-10-5-4-7-15(20)11-27-23(30)16-12-26-22-17(13-28-29(22)14(16)2)21-18(24)8-6-9-19(21)25/h4-10,12-13H,3,11H2,1-2H3,(H,27,30). The number of nitrogens with zero attached hydrogens (tertiary/aromatic N) is 3. The highest BCUT2D eigenvalue weighted by Crippen LogP contribution is 2.33. The van der Waals surface area contributed by atoms with Crippen molar-refractivity contribution in [3.8, 4) is 16.9 Å². The summed E-state index contributed by atoms with van der Waals surface area (Å²) in [6.07, 6.45) is 2.97. The molecular formula is C23H20ClFN4O2. The number of aryl methyl sites for hydroxylation is 1. The van der Waals surface area contributed by atoms with Crippen molar-refractivity contribution < 1.29 is 13.9 Å². The number of amides is 1. The molecular weight excluding hydrogens is 419 g/mol. The average molecular weight is 439 g/mol. The molecule has 0 aliphatic carbocycles. The Balaban J connectivity index is 1.63. The molecule has 0 aliphatic rings. The van der Waals surface area contributed by atoms with Gasteiger partial charge in [0.05, 0.1) is 34.6 Å². The Labute approximate surface area is 183 Å². The van der Waals surface area contributed by atoms with E-state index in [4.69, 9.17) is 16.3 Å². The maximum absolute atomic E-state index is 14.4. The first-order chi connectivity index (χ1) is 15.0. The lowest BCUT2D eigenvalue weighted by molar-refractivity contribution is 0.0949. The van der Waals surface area contributed by atoms with Gasteiger partial charge in [-0.1, -0.05) is 35.9 Å². The van der Waals surface area contributed by atoms with Crippen molar-refractivity contribution in [1.82, 2.24) is 19.9 Å². The molecule has 158 valence electrons. The highest BCUT2D eigenvalue weighted by Gasteiger charge is 2.19. The number of halogens is 2. The van der Waals surface area contributed by atoms with Crippen LogP contribution in [0.4, 0.5) is 4.39 Å². The number of hydrogen-bond donors (Lipinski definition) is 1. The van der Waals surface area contributed by atoms with E-state index in [2.05, 4.69) is 15.4 Å². The SMILES string of the molecule is CCOc1ccccc1CNC(=O)c1cnc2c(-c3c(F)cccc3Cl)cnn2c1C. The first kappa shape index (κ1) is 20.8. The molecule has 8 heteroatoms. The molecule has 4 aromatic rings. The molecule has 0 saturated heterocycles. The molecule has 0 atom stereocenters. The number of hydrogen-bond acceptors (Lipinski definition) is 4. The number of benzene rings is 2. The van der Waals surface area contributed by atoms with Crippen LogP contribution in [0.3, 0.4) is 0 Å². The summed E-state index contributed by atoms with van der Waals surface area (Å²) in [5, 5.41) is 7.47. The average Bonchev–Trinajstić information content (AvgIpc) is 3.18. The zero-order chi connectivity index (χ0) is 22.0. The Kier molecular flexibility index (Phi) is 5.86. The van der Waals surface area contributed by atoms with Crippen LogP contribution in [0.1, 0.15) is 28.5 Å². The summed E-state index contributed by atoms with van der Waals surface area (Å²) in [6, 6.07) is 12.0. The van der Waals surface area contributed by atoms with E-state index in [0.29, 0.717) is 35.6 Å². The summed E-state index contributed by atoms with van der Waals surface area (Å²) in [7, 11) is 0. The first-order valence-corrected chi connectivity index (χ1v) is 10.2. The van der Waals surface area contributed by atoms with Crippen molar-refractivity contribution >= 4 is 23.2 Å². The normalized spacial score (nSPS) is 11.0. The summed E-state index contributed by atoms with van der Waals surface area (Å²) in [5.41, 5.74) is 2.94. The minimum Gasteiger partial charge on any atom is -0.494 e. The van der Waals surface area contributed by atoms with E-state index in [1.54, 1.807) is 13.0 Å². The van der Waals surface area contributed by atoms with Gasteiger partial charge in [0.25, 0.3) is 5.91 Å². The Hall–Kier alpha value is -3.45. The van der Waals surface area contributed by atoms with Crippen LogP contribution in [0.25, 0.3) is 16.8 Å². The highest BCUT2D eigenvalue weighted by atomic mass is 35.5. The monoisotopic (exact) mass is 438 g/mol. The van der Waals surface area contributed by atoms with Crippen LogP contribution < -0.4 is 10.1 Å². The Morgan fingerprint density at radius 2 is 2.00 bits per heavy atom. The zero-order valence-electron chi connectivity index (χ0n) is 17.0. The Morgan fingerprint density at radius 3 is 2.77 bits per heavy atom. The van der Waals surface area contributed by atoms with Gasteiger partial charge in [-0.2, -0.15) is 5.10 Å². The van der Waals surface area contributed by atoms with E-state index in [1.165, 1.54) is 29.0 Å². The van der Waals surface area contributed by atoms with Gasteiger partial charge in [0.15, 0.2) is 5.65 Å². The third-order valence-corrected chi connectivity index (χ3v) is 5.27. The number of fused-ring (bicyclic) bond motifs is 1. The fourth-order valence-electron chi connectivity index (χ4n) is 3.42. The molecule has 0 saturated carbocycles. The lowest BCUT2D eigenvalue weighted by Crippen LogP contribution is -2.25. The van der Waals surface area contributed by atoms with E-state index in [1.807, 2.05) is 31.2 Å². The summed E-state index contributed by atoms with van der Waals surface area (Å²) in [4.78, 5) is 17.2. The molecule has 0 radical (unpaired) electrons. The van der Waals surface area contributed by atoms with E-state index >= 15 is 0 Å². The van der Waals surface area contributed by atoms with Crippen LogP contribution in [0, 0.1) is 12.7 Å². The second-order valence-electron chi connectivity index (χ2n) is 6.87. The largest absolute Gasteiger partial charge is 0.494 e. The Bertz CT molecular complexity index is 1250. The van der Waals surface area contributed by atoms with Crippen molar-refractivity contribution in [2.24, 2.45) is 0 Å². The number of rotatable bonds is 6. The lowest BCUT2D eigenvalue weighted by atomic mass is 10.1. The molecule has 1 N–H and O–H groups in total. The third-order valence-electron chi connectivity index (χ3n) is 4.96. The molecule has 1 amide bonds. The van der Waals surface area contributed by atoms with Crippen molar-refractivity contribution in [1.29, 1.82) is 0 Å². The molecule has 0 fully saturated rings. The van der Waals surface area contributed by atoms with Crippen LogP contribution in [0.5, 0.6) is 5.75 Å². The molecule has 2 aromatic carbocycles. The third kappa shape index (κ3) is 3.96. The molecule has 2 aromatic heterocycles. The van der Waals surface area contributed by atoms with Crippen LogP contribution >= 0.6 is 11.6 Å². The maximum atomic E-state index is 14.4. The molecule has 4 rings (SSSR count). The number of carbonyl (C=O) groups excluding carboxylic acids is 1. The van der Waals surface area contributed by atoms with Gasteiger partial charge in [-0.05, 0) is 32.0 Å². The molecule has 0 bridgehead atoms. The van der Waals surface area contributed by atoms with Crippen LogP contribution in [0.15, 0.2) is 54.9 Å². The molecule has 0 aliphatic heterocycles. The van der Waals surface area contributed by atoms with Crippen molar-refractivity contribution in [3.05, 3.63) is 82.5 Å². The smallest absolute Gasteiger partial charge is 0.254 e. The van der Waals surface area contributed by atoms with Crippen molar-refractivity contribution in [2.45, 2.75) is 20.4 Å². The second-order valence-corrected chi connectivity index (χ2v) is 7.28. The number of aromatic nitrogens is 3. The second kappa shape index (κ2) is 8.73. The molecule has 6 nitrogen and oxygen atoms in total. The van der Waals surface area contributed by atoms with Crippen LogP contribution in [-0.4, -0.2) is 27.1 Å². The summed E-state index contributed by atoms with van der Waals surface area (Å²) < 4.78 is 21.5. The predicted octanol–water partition coefficient (Wildman–Crippen LogP) is 4.83. The Morgan fingerprint density at radius 1 is 1.19 bits per heavy atom. The fraction of sp³-hybridized carbons (Fsp3) is 0.174. The van der Waals surface area contributed by atoms with E-state index in [-0.39, 0.29) is 16.5 Å². The van der Waals surface area contributed by atoms with Gasteiger partial charge in [0.2, 0.25) is 0 Å². The summed E-state index contributed by atoms with van der Waals surface area (Å²) in [5.74, 6) is -0.0232. The highest BCUT2D eigenvalue weighted by molar-refractivity contribution is 6.33. The summed E-state index contributed by atoms with van der Waals surface area (Å²) in [6.45, 7) is 4.52. The molecule has 0 spiro atoms. The van der Waals surface area contributed by atoms with Crippen molar-refractivity contribution in [3.63, 3.8) is 0 Å². The predicted molar refractivity (Wildman–Crippen MR) is 117 cm³/mol. The number of para-hydroxylation sites is 1. The van der Waals surface area contributed by atoms with Crippen molar-refractivity contribution in [2.75, 3.05) is 6.61 Å². The topological polar surface area (TPSA) is 68.5 Å². The van der Waals surface area contributed by atoms with E-state index in [9.17, 15) is 9.18 Å².